The third kappa shape index (κ3) is 4.85. The summed E-state index contributed by atoms with van der Waals surface area (Å²) >= 11 is 3.49. The van der Waals surface area contributed by atoms with Crippen molar-refractivity contribution in [3.63, 3.8) is 0 Å². The van der Waals surface area contributed by atoms with E-state index in [1.54, 1.807) is 19.5 Å². The van der Waals surface area contributed by atoms with Crippen LogP contribution < -0.4 is 4.74 Å². The summed E-state index contributed by atoms with van der Waals surface area (Å²) in [5.74, 6) is 0.664. The summed E-state index contributed by atoms with van der Waals surface area (Å²) < 4.78 is 6.05. The van der Waals surface area contributed by atoms with Gasteiger partial charge in [-0.05, 0) is 58.2 Å². The van der Waals surface area contributed by atoms with Gasteiger partial charge in [-0.1, -0.05) is 12.1 Å². The van der Waals surface area contributed by atoms with Crippen molar-refractivity contribution in [3.8, 4) is 11.8 Å². The van der Waals surface area contributed by atoms with Gasteiger partial charge >= 0.3 is 0 Å². The Hall–Kier alpha value is -3.15. The first-order valence-corrected chi connectivity index (χ1v) is 11.2. The average molecular weight is 494 g/mol. The number of piperazine rings is 1. The number of imidazole rings is 1. The van der Waals surface area contributed by atoms with Gasteiger partial charge in [-0.15, -0.1) is 0 Å². The summed E-state index contributed by atoms with van der Waals surface area (Å²) in [6.45, 7) is 2.79. The normalized spacial score (nSPS) is 15.2. The minimum atomic E-state index is 0.000563. The molecule has 32 heavy (non-hydrogen) atoms. The van der Waals surface area contributed by atoms with E-state index < -0.39 is 0 Å². The Kier molecular flexibility index (Phi) is 6.88. The second-order valence-corrected chi connectivity index (χ2v) is 8.56. The smallest absolute Gasteiger partial charge is 0.255 e. The Bertz CT molecular complexity index is 1100. The van der Waals surface area contributed by atoms with E-state index in [-0.39, 0.29) is 11.9 Å². The highest BCUT2D eigenvalue weighted by Crippen LogP contribution is 2.27. The monoisotopic (exact) mass is 493 g/mol. The molecule has 0 spiro atoms. The Labute approximate surface area is 195 Å². The number of benzene rings is 2. The van der Waals surface area contributed by atoms with E-state index in [1.165, 1.54) is 0 Å². The van der Waals surface area contributed by atoms with E-state index in [2.05, 4.69) is 36.9 Å². The van der Waals surface area contributed by atoms with Crippen molar-refractivity contribution in [1.82, 2.24) is 19.8 Å². The molecule has 8 heteroatoms. The first kappa shape index (κ1) is 22.1. The van der Waals surface area contributed by atoms with E-state index in [4.69, 9.17) is 10.00 Å². The lowest BCUT2D eigenvalue weighted by Gasteiger charge is -2.39. The number of rotatable bonds is 6. The van der Waals surface area contributed by atoms with Gasteiger partial charge in [0.1, 0.15) is 5.75 Å². The first-order valence-electron chi connectivity index (χ1n) is 10.4. The van der Waals surface area contributed by atoms with Crippen molar-refractivity contribution in [3.05, 3.63) is 81.8 Å². The topological polar surface area (TPSA) is 85.2 Å². The number of carbonyl (C=O) groups excluding carboxylic acids is 1. The molecule has 2 aromatic carbocycles. The highest BCUT2D eigenvalue weighted by molar-refractivity contribution is 9.10. The molecule has 0 aliphatic carbocycles. The number of methoxy groups -OCH3 is 1. The van der Waals surface area contributed by atoms with Crippen LogP contribution in [0.2, 0.25) is 0 Å². The van der Waals surface area contributed by atoms with E-state index in [9.17, 15) is 4.79 Å². The Balaban J connectivity index is 1.46. The molecule has 1 aromatic heterocycles. The van der Waals surface area contributed by atoms with E-state index in [0.717, 1.165) is 35.2 Å². The molecule has 1 aliphatic heterocycles. The summed E-state index contributed by atoms with van der Waals surface area (Å²) in [7, 11) is 1.60. The van der Waals surface area contributed by atoms with Gasteiger partial charge in [0.05, 0.1) is 42.4 Å². The minimum Gasteiger partial charge on any atom is -0.497 e. The largest absolute Gasteiger partial charge is 0.497 e. The Morgan fingerprint density at radius 1 is 1.22 bits per heavy atom. The zero-order valence-electron chi connectivity index (χ0n) is 17.8. The number of halogens is 1. The molecular formula is C24H24BrN5O2. The van der Waals surface area contributed by atoms with Crippen LogP contribution in [0.25, 0.3) is 0 Å². The molecule has 2 heterocycles. The number of aromatic amines is 1. The maximum Gasteiger partial charge on any atom is 0.255 e. The summed E-state index contributed by atoms with van der Waals surface area (Å²) in [5, 5.41) is 9.05. The standard InChI is InChI=1S/C24H24BrN5O2/c1-32-19-6-7-21(25)20(13-19)24(31)30-10-8-29(9-11-30)23(22-15-27-16-28-22)12-17-2-4-18(14-26)5-3-17/h2-7,13,15-16,23H,8-12H2,1H3,(H,27,28). The molecule has 1 aliphatic rings. The van der Waals surface area contributed by atoms with Crippen LogP contribution in [0.15, 0.2) is 59.5 Å². The Morgan fingerprint density at radius 3 is 2.59 bits per heavy atom. The molecular weight excluding hydrogens is 470 g/mol. The fourth-order valence-electron chi connectivity index (χ4n) is 4.03. The fraction of sp³-hybridized carbons (Fsp3) is 0.292. The van der Waals surface area contributed by atoms with Gasteiger partial charge in [0.2, 0.25) is 0 Å². The van der Waals surface area contributed by atoms with Crippen LogP contribution in [0, 0.1) is 11.3 Å². The maximum absolute atomic E-state index is 13.1. The number of ether oxygens (including phenoxy) is 1. The minimum absolute atomic E-state index is 0.000563. The molecule has 7 nitrogen and oxygen atoms in total. The summed E-state index contributed by atoms with van der Waals surface area (Å²) in [6, 6.07) is 15.4. The van der Waals surface area contributed by atoms with Gasteiger partial charge in [0, 0.05) is 36.8 Å². The predicted molar refractivity (Wildman–Crippen MR) is 124 cm³/mol. The van der Waals surface area contributed by atoms with Crippen molar-refractivity contribution in [1.29, 1.82) is 5.26 Å². The second kappa shape index (κ2) is 9.98. The number of aromatic nitrogens is 2. The molecule has 1 amide bonds. The Morgan fingerprint density at radius 2 is 1.97 bits per heavy atom. The number of nitrogens with one attached hydrogen (secondary N) is 1. The van der Waals surface area contributed by atoms with Gasteiger partial charge in [0.15, 0.2) is 0 Å². The third-order valence-corrected chi connectivity index (χ3v) is 6.53. The van der Waals surface area contributed by atoms with Crippen LogP contribution in [0.1, 0.15) is 33.2 Å². The molecule has 1 unspecified atom stereocenters. The predicted octanol–water partition coefficient (Wildman–Crippen LogP) is 3.79. The first-order chi connectivity index (χ1) is 15.6. The van der Waals surface area contributed by atoms with Crippen LogP contribution in [0.3, 0.4) is 0 Å². The lowest BCUT2D eigenvalue weighted by Crippen LogP contribution is -2.50. The zero-order valence-corrected chi connectivity index (χ0v) is 19.4. The maximum atomic E-state index is 13.1. The number of H-pyrrole nitrogens is 1. The molecule has 1 saturated heterocycles. The van der Waals surface area contributed by atoms with Crippen molar-refractivity contribution >= 4 is 21.8 Å². The van der Waals surface area contributed by atoms with Crippen LogP contribution in [-0.4, -0.2) is 59.0 Å². The highest BCUT2D eigenvalue weighted by atomic mass is 79.9. The fourth-order valence-corrected chi connectivity index (χ4v) is 4.44. The van der Waals surface area contributed by atoms with Crippen molar-refractivity contribution < 1.29 is 9.53 Å². The van der Waals surface area contributed by atoms with Crippen molar-refractivity contribution in [2.75, 3.05) is 33.3 Å². The van der Waals surface area contributed by atoms with E-state index >= 15 is 0 Å². The number of hydrogen-bond donors (Lipinski definition) is 1. The van der Waals surface area contributed by atoms with Gasteiger partial charge in [-0.2, -0.15) is 5.26 Å². The summed E-state index contributed by atoms with van der Waals surface area (Å²) in [4.78, 5) is 24.9. The van der Waals surface area contributed by atoms with Crippen LogP contribution in [-0.2, 0) is 6.42 Å². The summed E-state index contributed by atoms with van der Waals surface area (Å²) in [5.41, 5.74) is 3.47. The number of carbonyl (C=O) groups is 1. The molecule has 1 N–H and O–H groups in total. The molecule has 4 rings (SSSR count). The van der Waals surface area contributed by atoms with Gasteiger partial charge in [-0.3, -0.25) is 9.69 Å². The number of amides is 1. The highest BCUT2D eigenvalue weighted by Gasteiger charge is 2.29. The quantitative estimate of drug-likeness (QED) is 0.564. The lowest BCUT2D eigenvalue weighted by molar-refractivity contribution is 0.0561. The number of nitriles is 1. The second-order valence-electron chi connectivity index (χ2n) is 7.71. The SMILES string of the molecule is COc1ccc(Br)c(C(=O)N2CCN(C(Cc3ccc(C#N)cc3)c3cnc[nH]3)CC2)c1. The lowest BCUT2D eigenvalue weighted by atomic mass is 10.00. The molecule has 0 radical (unpaired) electrons. The summed E-state index contributed by atoms with van der Waals surface area (Å²) in [6.07, 6.45) is 4.35. The van der Waals surface area contributed by atoms with Crippen molar-refractivity contribution in [2.45, 2.75) is 12.5 Å². The van der Waals surface area contributed by atoms with E-state index in [0.29, 0.717) is 30.0 Å². The molecule has 1 atom stereocenters. The number of hydrogen-bond acceptors (Lipinski definition) is 5. The van der Waals surface area contributed by atoms with Crippen LogP contribution in [0.5, 0.6) is 5.75 Å². The molecule has 3 aromatic rings. The van der Waals surface area contributed by atoms with Crippen molar-refractivity contribution in [2.24, 2.45) is 0 Å². The molecule has 164 valence electrons. The molecule has 0 saturated carbocycles. The molecule has 1 fully saturated rings. The average Bonchev–Trinajstić information content (AvgIpc) is 3.38. The van der Waals surface area contributed by atoms with Crippen LogP contribution in [0.4, 0.5) is 0 Å². The van der Waals surface area contributed by atoms with E-state index in [1.807, 2.05) is 47.5 Å². The number of nitrogens with zero attached hydrogens (tertiary/aromatic N) is 4. The van der Waals surface area contributed by atoms with Crippen LogP contribution >= 0.6 is 15.9 Å². The van der Waals surface area contributed by atoms with Gasteiger partial charge in [0.25, 0.3) is 5.91 Å². The third-order valence-electron chi connectivity index (χ3n) is 5.84. The zero-order chi connectivity index (χ0) is 22.5. The van der Waals surface area contributed by atoms with Gasteiger partial charge < -0.3 is 14.6 Å². The van der Waals surface area contributed by atoms with Gasteiger partial charge in [-0.25, -0.2) is 4.98 Å². The molecule has 0 bridgehead atoms.